The molecule has 1 aliphatic heterocycles. The minimum Gasteiger partial charge on any atom is -0.506 e. The van der Waals surface area contributed by atoms with Gasteiger partial charge in [0.2, 0.25) is 0 Å². The number of aromatic hydroxyl groups is 1. The van der Waals surface area contributed by atoms with Crippen molar-refractivity contribution in [3.8, 4) is 16.9 Å². The number of nitrogens with zero attached hydrogens (tertiary/aromatic N) is 3. The second-order valence-corrected chi connectivity index (χ2v) is 10.7. The first-order valence-electron chi connectivity index (χ1n) is 13.5. The highest BCUT2D eigenvalue weighted by Crippen LogP contribution is 2.31. The van der Waals surface area contributed by atoms with E-state index in [-0.39, 0.29) is 35.0 Å². The van der Waals surface area contributed by atoms with Crippen molar-refractivity contribution in [3.05, 3.63) is 58.3 Å². The Kier molecular flexibility index (Phi) is 7.74. The van der Waals surface area contributed by atoms with Gasteiger partial charge < -0.3 is 15.3 Å². The molecule has 3 aromatic rings. The second kappa shape index (κ2) is 11.2. The summed E-state index contributed by atoms with van der Waals surface area (Å²) in [6.45, 7) is 4.13. The van der Waals surface area contributed by atoms with Crippen LogP contribution in [0.25, 0.3) is 22.2 Å². The molecule has 1 aliphatic carbocycles. The number of benzene rings is 1. The van der Waals surface area contributed by atoms with Crippen LogP contribution < -0.4 is 10.9 Å². The lowest BCUT2D eigenvalue weighted by Gasteiger charge is -2.29. The van der Waals surface area contributed by atoms with Crippen LogP contribution in [-0.4, -0.2) is 57.3 Å². The molecule has 2 N–H and O–H groups in total. The lowest BCUT2D eigenvalue weighted by atomic mass is 9.87. The maximum absolute atomic E-state index is 13.6. The number of hydrogen-bond donors (Lipinski definition) is 2. The average Bonchev–Trinajstić information content (AvgIpc) is 2.91. The van der Waals surface area contributed by atoms with E-state index >= 15 is 0 Å². The van der Waals surface area contributed by atoms with Crippen LogP contribution in [0, 0.1) is 11.7 Å². The van der Waals surface area contributed by atoms with Crippen LogP contribution in [0.5, 0.6) is 5.75 Å². The second-order valence-electron chi connectivity index (χ2n) is 10.7. The third-order valence-electron chi connectivity index (χ3n) is 7.99. The van der Waals surface area contributed by atoms with E-state index in [1.165, 1.54) is 16.7 Å². The minimum atomic E-state index is -0.798. The summed E-state index contributed by atoms with van der Waals surface area (Å²) >= 11 is 0. The number of hydrogen-bond acceptors (Lipinski definition) is 5. The van der Waals surface area contributed by atoms with E-state index in [2.05, 4.69) is 22.1 Å². The number of alkyl halides is 1. The van der Waals surface area contributed by atoms with Crippen LogP contribution in [0.3, 0.4) is 0 Å². The van der Waals surface area contributed by atoms with E-state index in [4.69, 9.17) is 0 Å². The Morgan fingerprint density at radius 3 is 2.42 bits per heavy atom. The Hall–Kier alpha value is -3.33. The number of carbonyl (C=O) groups excluding carboxylic acids is 1. The summed E-state index contributed by atoms with van der Waals surface area (Å²) in [5, 5.41) is 14.5. The monoisotopic (exact) mass is 524 g/mol. The third-order valence-corrected chi connectivity index (χ3v) is 7.99. The van der Waals surface area contributed by atoms with Gasteiger partial charge in [-0.2, -0.15) is 0 Å². The predicted octanol–water partition coefficient (Wildman–Crippen LogP) is 4.65. The van der Waals surface area contributed by atoms with Gasteiger partial charge in [0.15, 0.2) is 0 Å². The fraction of sp³-hybridized carbons (Fsp3) is 0.483. The normalized spacial score (nSPS) is 21.0. The van der Waals surface area contributed by atoms with Crippen LogP contribution in [-0.2, 0) is 6.54 Å². The molecule has 2 aromatic heterocycles. The van der Waals surface area contributed by atoms with Crippen molar-refractivity contribution in [1.82, 2.24) is 19.8 Å². The number of aromatic nitrogens is 2. The molecule has 0 radical (unpaired) electrons. The summed E-state index contributed by atoms with van der Waals surface area (Å²) in [5.41, 5.74) is 0.683. The van der Waals surface area contributed by atoms with Crippen molar-refractivity contribution in [2.24, 2.45) is 5.92 Å². The number of fused-ring (bicyclic) bond motifs is 1. The molecule has 1 saturated heterocycles. The van der Waals surface area contributed by atoms with Crippen molar-refractivity contribution in [3.63, 3.8) is 0 Å². The molecule has 1 aromatic carbocycles. The first-order valence-corrected chi connectivity index (χ1v) is 13.5. The number of nitrogens with one attached hydrogen (secondary N) is 1. The number of likely N-dealkylation sites (tertiary alicyclic amines) is 1. The Labute approximate surface area is 220 Å². The molecule has 2 aliphatic rings. The number of amides is 1. The number of pyridine rings is 2. The number of rotatable bonds is 6. The van der Waals surface area contributed by atoms with Gasteiger partial charge in [0.1, 0.15) is 28.9 Å². The summed E-state index contributed by atoms with van der Waals surface area (Å²) in [6, 6.07) is 7.52. The van der Waals surface area contributed by atoms with Crippen molar-refractivity contribution in [2.75, 3.05) is 19.6 Å². The summed E-state index contributed by atoms with van der Waals surface area (Å²) in [7, 11) is 0. The van der Waals surface area contributed by atoms with E-state index in [0.29, 0.717) is 49.5 Å². The van der Waals surface area contributed by atoms with Gasteiger partial charge in [0, 0.05) is 44.0 Å². The van der Waals surface area contributed by atoms with Crippen molar-refractivity contribution in [1.29, 1.82) is 0 Å². The molecule has 3 heterocycles. The van der Waals surface area contributed by atoms with E-state index in [1.54, 1.807) is 24.4 Å². The molecule has 0 bridgehead atoms. The van der Waals surface area contributed by atoms with E-state index < -0.39 is 23.4 Å². The lowest BCUT2D eigenvalue weighted by molar-refractivity contribution is 0.0918. The minimum absolute atomic E-state index is 0.0488. The third kappa shape index (κ3) is 5.57. The van der Waals surface area contributed by atoms with Gasteiger partial charge in [0.05, 0.1) is 5.39 Å². The molecular formula is C29H34F2N4O3. The van der Waals surface area contributed by atoms with Crippen molar-refractivity contribution in [2.45, 2.75) is 64.2 Å². The molecule has 9 heteroatoms. The highest BCUT2D eigenvalue weighted by atomic mass is 19.1. The zero-order valence-corrected chi connectivity index (χ0v) is 21.6. The highest BCUT2D eigenvalue weighted by Gasteiger charge is 2.27. The predicted molar refractivity (Wildman–Crippen MR) is 143 cm³/mol. The topological polar surface area (TPSA) is 87.5 Å². The first kappa shape index (κ1) is 26.3. The quantitative estimate of drug-likeness (QED) is 0.490. The van der Waals surface area contributed by atoms with Crippen LogP contribution in [0.15, 0.2) is 41.3 Å². The molecule has 0 spiro atoms. The SMILES string of the molecule is CC1CCC(NC(=O)c2c(O)c3cc(-c4ccc(F)cc4)cnc3n(CCN3CCC(F)CC3)c2=O)CC1. The summed E-state index contributed by atoms with van der Waals surface area (Å²) in [4.78, 5) is 33.6. The maximum atomic E-state index is 13.6. The van der Waals surface area contributed by atoms with Crippen molar-refractivity contribution >= 4 is 16.9 Å². The molecule has 2 fully saturated rings. The smallest absolute Gasteiger partial charge is 0.268 e. The zero-order valence-electron chi connectivity index (χ0n) is 21.6. The van der Waals surface area contributed by atoms with Crippen molar-refractivity contribution < 1.29 is 18.7 Å². The Balaban J connectivity index is 1.53. The number of halogens is 2. The van der Waals surface area contributed by atoms with E-state index in [0.717, 1.165) is 25.7 Å². The first-order chi connectivity index (χ1) is 18.3. The average molecular weight is 525 g/mol. The molecule has 0 atom stereocenters. The fourth-order valence-electron chi connectivity index (χ4n) is 5.55. The molecule has 7 nitrogen and oxygen atoms in total. The molecule has 1 saturated carbocycles. The van der Waals surface area contributed by atoms with Gasteiger partial charge in [-0.25, -0.2) is 13.8 Å². The van der Waals surface area contributed by atoms with Crippen LogP contribution >= 0.6 is 0 Å². The van der Waals surface area contributed by atoms with Crippen LogP contribution in [0.4, 0.5) is 8.78 Å². The van der Waals surface area contributed by atoms with Gasteiger partial charge in [-0.15, -0.1) is 0 Å². The van der Waals surface area contributed by atoms with E-state index in [1.807, 2.05) is 0 Å². The molecule has 0 unspecified atom stereocenters. The molecule has 38 heavy (non-hydrogen) atoms. The van der Waals surface area contributed by atoms with Gasteiger partial charge >= 0.3 is 0 Å². The Morgan fingerprint density at radius 2 is 1.74 bits per heavy atom. The maximum Gasteiger partial charge on any atom is 0.268 e. The van der Waals surface area contributed by atoms with Crippen LogP contribution in [0.1, 0.15) is 55.8 Å². The summed E-state index contributed by atoms with van der Waals surface area (Å²) < 4.78 is 28.5. The van der Waals surface area contributed by atoms with Gasteiger partial charge in [-0.05, 0) is 68.2 Å². The van der Waals surface area contributed by atoms with Crippen LogP contribution in [0.2, 0.25) is 0 Å². The molecular weight excluding hydrogens is 490 g/mol. The lowest BCUT2D eigenvalue weighted by Crippen LogP contribution is -2.42. The summed E-state index contributed by atoms with van der Waals surface area (Å²) in [5.74, 6) is -0.759. The zero-order chi connectivity index (χ0) is 26.8. The highest BCUT2D eigenvalue weighted by molar-refractivity contribution is 6.02. The Bertz CT molecular complexity index is 1360. The van der Waals surface area contributed by atoms with Gasteiger partial charge in [0.25, 0.3) is 11.5 Å². The standard InChI is InChI=1S/C29H34F2N4O3/c1-18-2-8-23(9-3-18)33-28(37)25-26(36)24-16-20(19-4-6-21(30)7-5-19)17-32-27(24)35(29(25)38)15-14-34-12-10-22(31)11-13-34/h4-7,16-18,22-23,36H,2-3,8-15H2,1H3,(H,33,37). The summed E-state index contributed by atoms with van der Waals surface area (Å²) in [6.07, 6.45) is 5.34. The fourth-order valence-corrected chi connectivity index (χ4v) is 5.55. The van der Waals surface area contributed by atoms with Gasteiger partial charge in [-0.1, -0.05) is 19.1 Å². The van der Waals surface area contributed by atoms with E-state index in [9.17, 15) is 23.5 Å². The molecule has 5 rings (SSSR count). The number of carbonyl (C=O) groups is 1. The van der Waals surface area contributed by atoms with Gasteiger partial charge in [-0.3, -0.25) is 14.2 Å². The largest absolute Gasteiger partial charge is 0.506 e. The number of piperidine rings is 1. The molecule has 202 valence electrons. The molecule has 1 amide bonds. The Morgan fingerprint density at radius 1 is 1.05 bits per heavy atom.